The van der Waals surface area contributed by atoms with Crippen molar-refractivity contribution in [2.24, 2.45) is 0 Å². The number of fused-ring (bicyclic) bond motifs is 4. The van der Waals surface area contributed by atoms with Crippen molar-refractivity contribution in [1.82, 2.24) is 9.80 Å². The molecule has 2 aliphatic rings. The van der Waals surface area contributed by atoms with Crippen LogP contribution in [0.1, 0.15) is 34.1 Å². The van der Waals surface area contributed by atoms with Crippen molar-refractivity contribution >= 4 is 27.6 Å². The Kier molecular flexibility index (Phi) is 6.51. The first-order chi connectivity index (χ1) is 18.6. The third-order valence-corrected chi connectivity index (χ3v) is 7.56. The standard InChI is InChI=1S/C30H30N2O6/c1-35-23-10-5-9-21(28(23)36-2)25-24-26(33)22-12-11-19-7-3-4-8-20(19)27(22)38-29(24)30(34)32(25)14-6-13-31-15-17-37-18-16-31/h3-5,7-12,25H,6,13-18H2,1-2H3. The highest BCUT2D eigenvalue weighted by Gasteiger charge is 2.44. The van der Waals surface area contributed by atoms with E-state index in [2.05, 4.69) is 4.90 Å². The summed E-state index contributed by atoms with van der Waals surface area (Å²) < 4.78 is 23.1. The number of hydrogen-bond donors (Lipinski definition) is 0. The van der Waals surface area contributed by atoms with Crippen LogP contribution in [0.3, 0.4) is 0 Å². The van der Waals surface area contributed by atoms with Gasteiger partial charge in [0.25, 0.3) is 5.91 Å². The van der Waals surface area contributed by atoms with Crippen molar-refractivity contribution in [3.63, 3.8) is 0 Å². The van der Waals surface area contributed by atoms with Gasteiger partial charge in [0.05, 0.1) is 44.4 Å². The molecule has 1 fully saturated rings. The zero-order valence-electron chi connectivity index (χ0n) is 21.6. The van der Waals surface area contributed by atoms with Gasteiger partial charge < -0.3 is 23.5 Å². The molecule has 1 unspecified atom stereocenters. The largest absolute Gasteiger partial charge is 0.493 e. The smallest absolute Gasteiger partial charge is 0.290 e. The van der Waals surface area contributed by atoms with E-state index in [1.807, 2.05) is 42.5 Å². The maximum Gasteiger partial charge on any atom is 0.290 e. The number of benzene rings is 3. The fourth-order valence-electron chi connectivity index (χ4n) is 5.72. The molecule has 0 N–H and O–H groups in total. The van der Waals surface area contributed by atoms with Gasteiger partial charge in [0.2, 0.25) is 5.76 Å². The van der Waals surface area contributed by atoms with Crippen molar-refractivity contribution in [2.45, 2.75) is 12.5 Å². The van der Waals surface area contributed by atoms with Gasteiger partial charge in [-0.1, -0.05) is 42.5 Å². The maximum absolute atomic E-state index is 14.1. The van der Waals surface area contributed by atoms with E-state index in [1.165, 1.54) is 0 Å². The second-order valence-electron chi connectivity index (χ2n) is 9.63. The first-order valence-corrected chi connectivity index (χ1v) is 12.9. The number of carbonyl (C=O) groups excluding carboxylic acids is 1. The molecule has 0 bridgehead atoms. The number of nitrogens with zero attached hydrogens (tertiary/aromatic N) is 2. The van der Waals surface area contributed by atoms with E-state index in [9.17, 15) is 9.59 Å². The number of morpholine rings is 1. The minimum absolute atomic E-state index is 0.0973. The average Bonchev–Trinajstić information content (AvgIpc) is 3.24. The molecular formula is C30H30N2O6. The van der Waals surface area contributed by atoms with Crippen LogP contribution in [0.25, 0.3) is 21.7 Å². The fraction of sp³-hybridized carbons (Fsp3) is 0.333. The molecule has 196 valence electrons. The van der Waals surface area contributed by atoms with Crippen molar-refractivity contribution < 1.29 is 23.4 Å². The van der Waals surface area contributed by atoms with E-state index in [1.54, 1.807) is 31.3 Å². The Morgan fingerprint density at radius 1 is 0.895 bits per heavy atom. The molecular weight excluding hydrogens is 484 g/mol. The summed E-state index contributed by atoms with van der Waals surface area (Å²) in [5.41, 5.74) is 1.27. The van der Waals surface area contributed by atoms with E-state index in [4.69, 9.17) is 18.6 Å². The number of methoxy groups -OCH3 is 2. The minimum atomic E-state index is -0.653. The van der Waals surface area contributed by atoms with Crippen LogP contribution in [0.15, 0.2) is 63.8 Å². The average molecular weight is 515 g/mol. The van der Waals surface area contributed by atoms with Gasteiger partial charge in [-0.15, -0.1) is 0 Å². The van der Waals surface area contributed by atoms with Crippen LogP contribution in [-0.2, 0) is 4.74 Å². The number of hydrogen-bond acceptors (Lipinski definition) is 7. The molecule has 1 saturated heterocycles. The molecule has 4 aromatic rings. The van der Waals surface area contributed by atoms with E-state index in [0.717, 1.165) is 50.0 Å². The Morgan fingerprint density at radius 2 is 1.71 bits per heavy atom. The van der Waals surface area contributed by atoms with Crippen molar-refractivity contribution in [3.05, 3.63) is 81.7 Å². The minimum Gasteiger partial charge on any atom is -0.493 e. The van der Waals surface area contributed by atoms with Gasteiger partial charge in [-0.3, -0.25) is 14.5 Å². The van der Waals surface area contributed by atoms with Crippen LogP contribution in [0.4, 0.5) is 0 Å². The van der Waals surface area contributed by atoms with Gasteiger partial charge in [-0.25, -0.2) is 0 Å². The molecule has 1 atom stereocenters. The van der Waals surface area contributed by atoms with Crippen LogP contribution < -0.4 is 14.9 Å². The van der Waals surface area contributed by atoms with Gasteiger partial charge in [0, 0.05) is 37.1 Å². The first kappa shape index (κ1) is 24.5. The van der Waals surface area contributed by atoms with Gasteiger partial charge >= 0.3 is 0 Å². The highest BCUT2D eigenvalue weighted by atomic mass is 16.5. The van der Waals surface area contributed by atoms with Crippen LogP contribution in [0.2, 0.25) is 0 Å². The lowest BCUT2D eigenvalue weighted by Crippen LogP contribution is -2.39. The SMILES string of the molecule is COc1cccc(C2c3c(oc4c(ccc5ccccc54)c3=O)C(=O)N2CCCN2CCOCC2)c1OC. The summed E-state index contributed by atoms with van der Waals surface area (Å²) in [7, 11) is 3.14. The molecule has 6 rings (SSSR count). The zero-order valence-corrected chi connectivity index (χ0v) is 21.6. The second kappa shape index (κ2) is 10.1. The van der Waals surface area contributed by atoms with E-state index in [-0.39, 0.29) is 17.1 Å². The summed E-state index contributed by atoms with van der Waals surface area (Å²) in [5.74, 6) is 0.844. The van der Waals surface area contributed by atoms with Crippen LogP contribution in [-0.4, -0.2) is 69.3 Å². The van der Waals surface area contributed by atoms with Crippen molar-refractivity contribution in [3.8, 4) is 11.5 Å². The van der Waals surface area contributed by atoms with Gasteiger partial charge in [-0.05, 0) is 23.9 Å². The molecule has 1 aromatic heterocycles. The van der Waals surface area contributed by atoms with Crippen LogP contribution in [0, 0.1) is 0 Å². The van der Waals surface area contributed by atoms with E-state index >= 15 is 0 Å². The Bertz CT molecular complexity index is 1570. The number of para-hydroxylation sites is 1. The molecule has 0 spiro atoms. The lowest BCUT2D eigenvalue weighted by molar-refractivity contribution is 0.0353. The molecule has 0 radical (unpaired) electrons. The monoisotopic (exact) mass is 514 g/mol. The molecule has 3 heterocycles. The third-order valence-electron chi connectivity index (χ3n) is 7.56. The van der Waals surface area contributed by atoms with Gasteiger partial charge in [0.1, 0.15) is 5.58 Å². The topological polar surface area (TPSA) is 81.5 Å². The highest BCUT2D eigenvalue weighted by Crippen LogP contribution is 2.45. The predicted molar refractivity (Wildman–Crippen MR) is 144 cm³/mol. The normalized spacial score (nSPS) is 17.8. The summed E-state index contributed by atoms with van der Waals surface area (Å²) in [4.78, 5) is 32.1. The Labute approximate surface area is 220 Å². The predicted octanol–water partition coefficient (Wildman–Crippen LogP) is 4.23. The summed E-state index contributed by atoms with van der Waals surface area (Å²) in [5, 5.41) is 2.21. The van der Waals surface area contributed by atoms with Gasteiger partial charge in [-0.2, -0.15) is 0 Å². The molecule has 2 aliphatic heterocycles. The summed E-state index contributed by atoms with van der Waals surface area (Å²) in [6, 6.07) is 16.3. The molecule has 0 saturated carbocycles. The molecule has 1 amide bonds. The van der Waals surface area contributed by atoms with Crippen LogP contribution >= 0.6 is 0 Å². The van der Waals surface area contributed by atoms with Crippen molar-refractivity contribution in [1.29, 1.82) is 0 Å². The summed E-state index contributed by atoms with van der Waals surface area (Å²) in [6.07, 6.45) is 0.749. The summed E-state index contributed by atoms with van der Waals surface area (Å²) >= 11 is 0. The number of ether oxygens (including phenoxy) is 3. The Balaban J connectivity index is 1.49. The van der Waals surface area contributed by atoms with Crippen LogP contribution in [0.5, 0.6) is 11.5 Å². The first-order valence-electron chi connectivity index (χ1n) is 12.9. The fourth-order valence-corrected chi connectivity index (χ4v) is 5.72. The third kappa shape index (κ3) is 4.01. The molecule has 38 heavy (non-hydrogen) atoms. The number of rotatable bonds is 7. The summed E-state index contributed by atoms with van der Waals surface area (Å²) in [6.45, 7) is 4.48. The second-order valence-corrected chi connectivity index (χ2v) is 9.63. The lowest BCUT2D eigenvalue weighted by atomic mass is 9.96. The van der Waals surface area contributed by atoms with Crippen molar-refractivity contribution in [2.75, 3.05) is 53.6 Å². The maximum atomic E-state index is 14.1. The number of amides is 1. The van der Waals surface area contributed by atoms with E-state index in [0.29, 0.717) is 40.1 Å². The molecule has 3 aromatic carbocycles. The Hall–Kier alpha value is -3.88. The van der Waals surface area contributed by atoms with Gasteiger partial charge in [0.15, 0.2) is 16.9 Å². The number of carbonyl (C=O) groups is 1. The highest BCUT2D eigenvalue weighted by molar-refractivity contribution is 6.06. The molecule has 8 heteroatoms. The molecule has 8 nitrogen and oxygen atoms in total. The molecule has 0 aliphatic carbocycles. The van der Waals surface area contributed by atoms with E-state index < -0.39 is 6.04 Å². The lowest BCUT2D eigenvalue weighted by Gasteiger charge is -2.29. The Morgan fingerprint density at radius 3 is 2.50 bits per heavy atom. The quantitative estimate of drug-likeness (QED) is 0.342. The zero-order chi connectivity index (χ0) is 26.2.